The molecule has 4 aliphatic rings. The van der Waals surface area contributed by atoms with Crippen molar-refractivity contribution in [3.8, 4) is 12.1 Å². The molecule has 318 valence electrons. The van der Waals surface area contributed by atoms with E-state index >= 15 is 8.78 Å². The van der Waals surface area contributed by atoms with E-state index < -0.39 is 23.4 Å². The molecule has 0 atom stereocenters. The maximum absolute atomic E-state index is 15.1. The largest absolute Gasteiger partial charge is 0.319 e. The second kappa shape index (κ2) is 17.4. The van der Waals surface area contributed by atoms with Crippen LogP contribution in [0.4, 0.5) is 37.2 Å². The molecular weight excluding hydrogens is 889 g/mol. The van der Waals surface area contributed by atoms with Gasteiger partial charge in [0.05, 0.1) is 64.0 Å². The summed E-state index contributed by atoms with van der Waals surface area (Å²) in [5.74, 6) is -1.95. The van der Waals surface area contributed by atoms with E-state index in [2.05, 4.69) is 41.4 Å². The first kappa shape index (κ1) is 42.6. The van der Waals surface area contributed by atoms with Crippen molar-refractivity contribution in [2.45, 2.75) is 62.2 Å². The third-order valence-corrected chi connectivity index (χ3v) is 13.2. The fourth-order valence-corrected chi connectivity index (χ4v) is 9.24. The van der Waals surface area contributed by atoms with Crippen LogP contribution in [-0.4, -0.2) is 33.2 Å². The van der Waals surface area contributed by atoms with Crippen LogP contribution in [0.5, 0.6) is 0 Å². The molecule has 2 aliphatic heterocycles. The van der Waals surface area contributed by atoms with Crippen LogP contribution in [0.2, 0.25) is 0 Å². The van der Waals surface area contributed by atoms with E-state index in [4.69, 9.17) is 27.1 Å². The van der Waals surface area contributed by atoms with Crippen molar-refractivity contribution < 1.29 is 18.4 Å². The molecule has 2 saturated carbocycles. The van der Waals surface area contributed by atoms with Crippen LogP contribution in [0.25, 0.3) is 4.85 Å². The highest BCUT2D eigenvalue weighted by molar-refractivity contribution is 9.10. The SMILES string of the molecule is N#Cc1cccc(C(=O)Nc2ccc(C3(C4=Nc5cc(Br)cnc5C4)CCC3)cc2F)c1.[C-]#[N+]c1cnc2c(c1)N=C(C1(c3ccc(NC(=O)c4cccc(C#N)c4)c(F)c3)CCC1)C2. The lowest BCUT2D eigenvalue weighted by atomic mass is 9.61. The smallest absolute Gasteiger partial charge is 0.255 e. The van der Waals surface area contributed by atoms with Crippen LogP contribution < -0.4 is 10.6 Å². The molecule has 4 heterocycles. The van der Waals surface area contributed by atoms with Gasteiger partial charge in [0.1, 0.15) is 11.6 Å². The molecule has 65 heavy (non-hydrogen) atoms. The molecule has 2 aliphatic carbocycles. The van der Waals surface area contributed by atoms with Gasteiger partial charge in [-0.1, -0.05) is 37.1 Å². The fourth-order valence-electron chi connectivity index (χ4n) is 8.92. The van der Waals surface area contributed by atoms with E-state index in [9.17, 15) is 9.59 Å². The van der Waals surface area contributed by atoms with Gasteiger partial charge in [-0.2, -0.15) is 10.5 Å². The Balaban J connectivity index is 0.000000164. The molecule has 2 amide bonds. The van der Waals surface area contributed by atoms with Crippen molar-refractivity contribution in [2.75, 3.05) is 10.6 Å². The molecule has 11 nitrogen and oxygen atoms in total. The summed E-state index contributed by atoms with van der Waals surface area (Å²) >= 11 is 3.44. The molecule has 10 rings (SSSR count). The van der Waals surface area contributed by atoms with Gasteiger partial charge in [-0.05, 0) is 126 Å². The number of rotatable bonds is 8. The van der Waals surface area contributed by atoms with E-state index in [0.717, 1.165) is 82.6 Å². The first-order valence-corrected chi connectivity index (χ1v) is 21.7. The zero-order chi connectivity index (χ0) is 45.3. The third kappa shape index (κ3) is 8.19. The second-order valence-corrected chi connectivity index (χ2v) is 17.3. The van der Waals surface area contributed by atoms with Gasteiger partial charge in [0.15, 0.2) is 0 Å². The number of hydrogen-bond donors (Lipinski definition) is 2. The number of anilines is 2. The van der Waals surface area contributed by atoms with Crippen molar-refractivity contribution in [3.05, 3.63) is 182 Å². The quantitative estimate of drug-likeness (QED) is 0.144. The standard InChI is InChI=1S/C26H18FN5O.C25H18BrFN4O/c1-29-19-12-23-22(30-15-19)13-24(31-23)26(8-3-9-26)18-6-7-21(20(27)11-18)32-25(33)17-5-2-4-16(10-17)14-28;26-18-11-22-21(29-14-18)12-23(30-22)25(7-2-8-25)17-5-6-20(19(27)10-17)31-24(32)16-4-1-3-15(9-16)13-28/h2,4-7,10-12,15H,3,8-9,13H2,(H,32,33);1,3-6,9-11,14H,2,7-8,12H2,(H,31,32). The van der Waals surface area contributed by atoms with Crippen molar-refractivity contribution in [3.63, 3.8) is 0 Å². The second-order valence-electron chi connectivity index (χ2n) is 16.4. The summed E-state index contributed by atoms with van der Waals surface area (Å²) < 4.78 is 31.0. The lowest BCUT2D eigenvalue weighted by molar-refractivity contribution is 0.101. The highest BCUT2D eigenvalue weighted by Crippen LogP contribution is 2.50. The average Bonchev–Trinajstić information content (AvgIpc) is 3.91. The number of benzene rings is 4. The van der Waals surface area contributed by atoms with Gasteiger partial charge < -0.3 is 10.6 Å². The zero-order valence-corrected chi connectivity index (χ0v) is 36.2. The number of nitrogens with one attached hydrogen (secondary N) is 2. The lowest BCUT2D eigenvalue weighted by Gasteiger charge is -2.42. The first-order valence-electron chi connectivity index (χ1n) is 20.9. The van der Waals surface area contributed by atoms with Crippen molar-refractivity contribution in [1.29, 1.82) is 10.5 Å². The number of hydrogen-bond acceptors (Lipinski definition) is 8. The Bertz CT molecular complexity index is 3150. The van der Waals surface area contributed by atoms with Gasteiger partial charge in [-0.25, -0.2) is 13.6 Å². The Hall–Kier alpha value is -7.73. The minimum absolute atomic E-state index is 0.0839. The van der Waals surface area contributed by atoms with Gasteiger partial charge in [0, 0.05) is 63.1 Å². The van der Waals surface area contributed by atoms with Crippen LogP contribution in [0, 0.1) is 40.9 Å². The maximum Gasteiger partial charge on any atom is 0.255 e. The fraction of sp³-hybridized carbons (Fsp3) is 0.196. The van der Waals surface area contributed by atoms with E-state index in [1.807, 2.05) is 30.3 Å². The molecule has 4 aromatic carbocycles. The molecule has 6 aromatic rings. The molecule has 0 unspecified atom stereocenters. The van der Waals surface area contributed by atoms with Crippen molar-refractivity contribution in [2.24, 2.45) is 9.98 Å². The number of pyridine rings is 2. The number of nitrogens with zero attached hydrogens (tertiary/aromatic N) is 7. The van der Waals surface area contributed by atoms with Crippen LogP contribution in [0.3, 0.4) is 0 Å². The molecule has 2 aromatic heterocycles. The molecule has 0 spiro atoms. The monoisotopic (exact) mass is 923 g/mol. The highest BCUT2D eigenvalue weighted by atomic mass is 79.9. The topological polar surface area (TPSA) is 161 Å². The molecule has 14 heteroatoms. The van der Waals surface area contributed by atoms with Gasteiger partial charge in [-0.3, -0.25) is 29.5 Å². The number of aliphatic imine (C=N–C) groups is 2. The number of nitriles is 2. The van der Waals surface area contributed by atoms with E-state index in [0.29, 0.717) is 40.9 Å². The Morgan fingerprint density at radius 2 is 1.14 bits per heavy atom. The summed E-state index contributed by atoms with van der Waals surface area (Å²) in [5, 5.41) is 23.2. The third-order valence-electron chi connectivity index (χ3n) is 12.7. The Morgan fingerprint density at radius 3 is 1.57 bits per heavy atom. The number of carbonyl (C=O) groups is 2. The predicted octanol–water partition coefficient (Wildman–Crippen LogP) is 11.5. The van der Waals surface area contributed by atoms with E-state index in [1.165, 1.54) is 24.3 Å². The molecule has 2 N–H and O–H groups in total. The van der Waals surface area contributed by atoms with Gasteiger partial charge >= 0.3 is 0 Å². The zero-order valence-electron chi connectivity index (χ0n) is 34.6. The van der Waals surface area contributed by atoms with Crippen LogP contribution in [0.1, 0.15) is 92.9 Å². The van der Waals surface area contributed by atoms with Crippen molar-refractivity contribution >= 4 is 67.6 Å². The summed E-state index contributed by atoms with van der Waals surface area (Å²) in [6.07, 6.45) is 10.2. The number of carbonyl (C=O) groups excluding carboxylic acids is 2. The summed E-state index contributed by atoms with van der Waals surface area (Å²) in [6, 6.07) is 30.2. The minimum Gasteiger partial charge on any atom is -0.319 e. The van der Waals surface area contributed by atoms with E-state index in [-0.39, 0.29) is 27.8 Å². The maximum atomic E-state index is 15.1. The van der Waals surface area contributed by atoms with E-state index in [1.54, 1.807) is 67.0 Å². The average molecular weight is 925 g/mol. The molecule has 0 bridgehead atoms. The van der Waals surface area contributed by atoms with Crippen LogP contribution in [0.15, 0.2) is 124 Å². The number of fused-ring (bicyclic) bond motifs is 2. The molecular formula is C51H36BrF2N9O2. The Labute approximate surface area is 381 Å². The van der Waals surface area contributed by atoms with Crippen LogP contribution >= 0.6 is 15.9 Å². The predicted molar refractivity (Wildman–Crippen MR) is 246 cm³/mol. The summed E-state index contributed by atoms with van der Waals surface area (Å²) in [4.78, 5) is 47.0. The van der Waals surface area contributed by atoms with Gasteiger partial charge in [0.25, 0.3) is 11.8 Å². The van der Waals surface area contributed by atoms with Gasteiger partial charge in [0.2, 0.25) is 5.69 Å². The first-order chi connectivity index (χ1) is 31.5. The molecule has 0 saturated heterocycles. The molecule has 2 fully saturated rings. The number of halogens is 3. The molecule has 0 radical (unpaired) electrons. The lowest BCUT2D eigenvalue weighted by Crippen LogP contribution is -2.42. The highest BCUT2D eigenvalue weighted by Gasteiger charge is 2.46. The number of amides is 2. The normalized spacial score (nSPS) is 15.6. The summed E-state index contributed by atoms with van der Waals surface area (Å²) in [6.45, 7) is 7.18. The van der Waals surface area contributed by atoms with Crippen LogP contribution in [-0.2, 0) is 23.7 Å². The van der Waals surface area contributed by atoms with Gasteiger partial charge in [-0.15, -0.1) is 0 Å². The minimum atomic E-state index is -0.520. The summed E-state index contributed by atoms with van der Waals surface area (Å²) in [7, 11) is 0. The number of aromatic nitrogens is 2. The summed E-state index contributed by atoms with van der Waals surface area (Å²) in [5.41, 5.74) is 8.36. The Morgan fingerprint density at radius 1 is 0.662 bits per heavy atom. The van der Waals surface area contributed by atoms with Crippen molar-refractivity contribution in [1.82, 2.24) is 9.97 Å². The Kier molecular flexibility index (Phi) is 11.4.